The van der Waals surface area contributed by atoms with E-state index in [1.807, 2.05) is 10.9 Å². The highest BCUT2D eigenvalue weighted by Crippen LogP contribution is 1.97. The highest BCUT2D eigenvalue weighted by atomic mass is 35.5. The van der Waals surface area contributed by atoms with E-state index in [2.05, 4.69) is 0 Å². The fourth-order valence-electron chi connectivity index (χ4n) is 0.604. The van der Waals surface area contributed by atoms with Crippen molar-refractivity contribution in [3.8, 4) is 0 Å². The van der Waals surface area contributed by atoms with Crippen molar-refractivity contribution in [1.82, 2.24) is 4.84 Å². The van der Waals surface area contributed by atoms with Crippen LogP contribution in [0, 0.1) is 0 Å². The van der Waals surface area contributed by atoms with Crippen molar-refractivity contribution in [1.29, 1.82) is 0 Å². The Bertz CT molecular complexity index is 157. The van der Waals surface area contributed by atoms with Crippen molar-refractivity contribution in [3.63, 3.8) is 0 Å². The molecule has 0 radical (unpaired) electrons. The number of rotatable bonds is 4. The van der Waals surface area contributed by atoms with Gasteiger partial charge >= 0.3 is 0 Å². The molecule has 0 saturated carbocycles. The van der Waals surface area contributed by atoms with E-state index in [1.165, 1.54) is 0 Å². The van der Waals surface area contributed by atoms with Gasteiger partial charge in [0.25, 0.3) is 5.91 Å². The van der Waals surface area contributed by atoms with Crippen LogP contribution in [0.1, 0.15) is 19.8 Å². The van der Waals surface area contributed by atoms with Crippen molar-refractivity contribution in [2.24, 2.45) is 5.73 Å². The van der Waals surface area contributed by atoms with Crippen molar-refractivity contribution >= 4 is 17.7 Å². The molecule has 0 fully saturated rings. The summed E-state index contributed by atoms with van der Waals surface area (Å²) in [5.74, 6) is -0.247. The van der Waals surface area contributed by atoms with E-state index in [9.17, 15) is 4.79 Å². The summed E-state index contributed by atoms with van der Waals surface area (Å²) in [6.07, 6.45) is 3.55. The Morgan fingerprint density at radius 1 is 1.73 bits per heavy atom. The molecule has 0 atom stereocenters. The summed E-state index contributed by atoms with van der Waals surface area (Å²) in [6, 6.07) is 0. The first-order valence-corrected chi connectivity index (χ1v) is 3.88. The number of halogens is 1. The Kier molecular flexibility index (Phi) is 5.88. The number of carbonyl (C=O) groups is 1. The van der Waals surface area contributed by atoms with Gasteiger partial charge in [-0.1, -0.05) is 6.08 Å². The van der Waals surface area contributed by atoms with Gasteiger partial charge in [0.15, 0.2) is 0 Å². The second-order valence-electron chi connectivity index (χ2n) is 2.24. The van der Waals surface area contributed by atoms with Gasteiger partial charge in [0.05, 0.1) is 0 Å². The summed E-state index contributed by atoms with van der Waals surface area (Å²) in [7, 11) is 0. The fourth-order valence-corrected chi connectivity index (χ4v) is 0.753. The molecule has 1 amide bonds. The predicted octanol–water partition coefficient (Wildman–Crippen LogP) is 0.942. The molecule has 4 heteroatoms. The van der Waals surface area contributed by atoms with Crippen LogP contribution >= 0.6 is 11.8 Å². The van der Waals surface area contributed by atoms with E-state index in [0.29, 0.717) is 12.1 Å². The van der Waals surface area contributed by atoms with Crippen LogP contribution in [0.15, 0.2) is 11.6 Å². The maximum Gasteiger partial charge on any atom is 0.260 e. The quantitative estimate of drug-likeness (QED) is 0.381. The van der Waals surface area contributed by atoms with Gasteiger partial charge < -0.3 is 5.73 Å². The molecule has 0 unspecified atom stereocenters. The number of amides is 1. The summed E-state index contributed by atoms with van der Waals surface area (Å²) in [5.41, 5.74) is 5.90. The molecule has 0 bridgehead atoms. The molecule has 64 valence electrons. The zero-order valence-electron chi connectivity index (χ0n) is 6.56. The van der Waals surface area contributed by atoms with Crippen molar-refractivity contribution in [2.45, 2.75) is 19.8 Å². The minimum Gasteiger partial charge on any atom is -0.330 e. The lowest BCUT2D eigenvalue weighted by molar-refractivity contribution is -0.115. The molecule has 0 aliphatic heterocycles. The van der Waals surface area contributed by atoms with E-state index in [1.54, 1.807) is 6.92 Å². The number of unbranched alkanes of at least 4 members (excludes halogenated alkanes) is 1. The maximum absolute atomic E-state index is 10.8. The van der Waals surface area contributed by atoms with Crippen LogP contribution in [0.3, 0.4) is 0 Å². The summed E-state index contributed by atoms with van der Waals surface area (Å²) in [5, 5.41) is 0. The van der Waals surface area contributed by atoms with Gasteiger partial charge in [-0.05, 0) is 26.3 Å². The Morgan fingerprint density at radius 2 is 2.36 bits per heavy atom. The molecule has 0 heterocycles. The first-order valence-electron chi connectivity index (χ1n) is 3.50. The third kappa shape index (κ3) is 4.81. The zero-order chi connectivity index (χ0) is 8.69. The largest absolute Gasteiger partial charge is 0.330 e. The van der Waals surface area contributed by atoms with Gasteiger partial charge in [0, 0.05) is 17.3 Å². The zero-order valence-corrected chi connectivity index (χ0v) is 7.32. The molecular formula is C7H13ClN2O. The summed E-state index contributed by atoms with van der Waals surface area (Å²) >= 11 is 5.09. The minimum absolute atomic E-state index is 0.247. The third-order valence-corrected chi connectivity index (χ3v) is 1.47. The lowest BCUT2D eigenvalue weighted by Crippen LogP contribution is -2.13. The second kappa shape index (κ2) is 6.19. The van der Waals surface area contributed by atoms with Gasteiger partial charge in [-0.2, -0.15) is 0 Å². The molecule has 11 heavy (non-hydrogen) atoms. The molecule has 3 nitrogen and oxygen atoms in total. The average Bonchev–Trinajstić information content (AvgIpc) is 2.03. The van der Waals surface area contributed by atoms with Crippen LogP contribution in [-0.2, 0) is 4.79 Å². The summed E-state index contributed by atoms with van der Waals surface area (Å²) in [4.78, 5) is 12.8. The van der Waals surface area contributed by atoms with Crippen molar-refractivity contribution < 1.29 is 4.79 Å². The number of nitrogens with one attached hydrogen (secondary N) is 1. The van der Waals surface area contributed by atoms with Gasteiger partial charge in [-0.25, -0.2) is 0 Å². The van der Waals surface area contributed by atoms with E-state index >= 15 is 0 Å². The highest BCUT2D eigenvalue weighted by molar-refractivity contribution is 6.23. The number of nitrogens with two attached hydrogens (primary N) is 1. The molecule has 0 spiro atoms. The van der Waals surface area contributed by atoms with Crippen molar-refractivity contribution in [2.75, 3.05) is 6.54 Å². The average molecular weight is 177 g/mol. The normalized spacial score (nSPS) is 11.4. The lowest BCUT2D eigenvalue weighted by Gasteiger charge is -1.96. The molecule has 0 aromatic rings. The summed E-state index contributed by atoms with van der Waals surface area (Å²) < 4.78 is 0. The van der Waals surface area contributed by atoms with E-state index in [0.717, 1.165) is 12.8 Å². The molecule has 0 saturated heterocycles. The van der Waals surface area contributed by atoms with Crippen LogP contribution in [-0.4, -0.2) is 12.5 Å². The van der Waals surface area contributed by atoms with Gasteiger partial charge in [0.1, 0.15) is 0 Å². The molecule has 0 aliphatic carbocycles. The van der Waals surface area contributed by atoms with Gasteiger partial charge in [0.2, 0.25) is 0 Å². The molecule has 0 aromatic heterocycles. The number of hydrogen-bond donors (Lipinski definition) is 2. The first kappa shape index (κ1) is 10.5. The fraction of sp³-hybridized carbons (Fsp3) is 0.571. The molecule has 3 N–H and O–H groups in total. The SMILES string of the molecule is CC(=CCCCN)C(=O)NCl. The summed E-state index contributed by atoms with van der Waals surface area (Å²) in [6.45, 7) is 2.36. The molecule has 0 aromatic carbocycles. The Hall–Kier alpha value is -0.540. The van der Waals surface area contributed by atoms with Crippen LogP contribution in [0.4, 0.5) is 0 Å². The standard InChI is InChI=1S/C7H13ClN2O/c1-6(7(11)10-8)4-2-3-5-9/h4H,2-3,5,9H2,1H3,(H,10,11). The molecule has 0 rings (SSSR count). The monoisotopic (exact) mass is 176 g/mol. The third-order valence-electron chi connectivity index (χ3n) is 1.30. The predicted molar refractivity (Wildman–Crippen MR) is 46.0 cm³/mol. The van der Waals surface area contributed by atoms with Crippen molar-refractivity contribution in [3.05, 3.63) is 11.6 Å². The number of carbonyl (C=O) groups excluding carboxylic acids is 1. The Morgan fingerprint density at radius 3 is 2.82 bits per heavy atom. The van der Waals surface area contributed by atoms with Crippen LogP contribution in [0.2, 0.25) is 0 Å². The smallest absolute Gasteiger partial charge is 0.260 e. The molecule has 0 aliphatic rings. The molecular weight excluding hydrogens is 164 g/mol. The van der Waals surface area contributed by atoms with E-state index < -0.39 is 0 Å². The number of hydrogen-bond acceptors (Lipinski definition) is 2. The topological polar surface area (TPSA) is 55.1 Å². The first-order chi connectivity index (χ1) is 5.22. The van der Waals surface area contributed by atoms with E-state index in [-0.39, 0.29) is 5.91 Å². The van der Waals surface area contributed by atoms with Crippen LogP contribution < -0.4 is 10.6 Å². The second-order valence-corrected chi connectivity index (χ2v) is 2.43. The maximum atomic E-state index is 10.8. The van der Waals surface area contributed by atoms with Crippen LogP contribution in [0.25, 0.3) is 0 Å². The Balaban J connectivity index is 3.71. The minimum atomic E-state index is -0.247. The van der Waals surface area contributed by atoms with E-state index in [4.69, 9.17) is 17.5 Å². The van der Waals surface area contributed by atoms with Gasteiger partial charge in [-0.3, -0.25) is 9.63 Å². The Labute approximate surface area is 71.7 Å². The number of allylic oxidation sites excluding steroid dienone is 1. The van der Waals surface area contributed by atoms with Gasteiger partial charge in [-0.15, -0.1) is 0 Å². The van der Waals surface area contributed by atoms with Crippen LogP contribution in [0.5, 0.6) is 0 Å². The lowest BCUT2D eigenvalue weighted by atomic mass is 10.2. The highest BCUT2D eigenvalue weighted by Gasteiger charge is 1.99.